The summed E-state index contributed by atoms with van der Waals surface area (Å²) in [6, 6.07) is 3.87. The fourth-order valence-electron chi connectivity index (χ4n) is 1.78. The van der Waals surface area contributed by atoms with E-state index in [1.165, 1.54) is 6.42 Å². The molecule has 0 amide bonds. The molecule has 0 fully saturated rings. The van der Waals surface area contributed by atoms with Gasteiger partial charge >= 0.3 is 0 Å². The first-order chi connectivity index (χ1) is 8.15. The van der Waals surface area contributed by atoms with Gasteiger partial charge < -0.3 is 9.88 Å². The van der Waals surface area contributed by atoms with Gasteiger partial charge in [0.2, 0.25) is 0 Å². The lowest BCUT2D eigenvalue weighted by molar-refractivity contribution is 0.506. The van der Waals surface area contributed by atoms with Gasteiger partial charge in [-0.15, -0.1) is 0 Å². The molecule has 17 heavy (non-hydrogen) atoms. The van der Waals surface area contributed by atoms with Crippen molar-refractivity contribution >= 4 is 0 Å². The molecule has 0 atom stereocenters. The van der Waals surface area contributed by atoms with Gasteiger partial charge in [-0.2, -0.15) is 0 Å². The van der Waals surface area contributed by atoms with E-state index < -0.39 is 0 Å². The molecule has 1 aromatic rings. The molecule has 3 nitrogen and oxygen atoms in total. The molecule has 0 saturated heterocycles. The number of hydrogen-bond donors (Lipinski definition) is 1. The van der Waals surface area contributed by atoms with Crippen LogP contribution in [-0.2, 0) is 13.1 Å². The molecule has 0 aliphatic rings. The van der Waals surface area contributed by atoms with Crippen molar-refractivity contribution in [2.24, 2.45) is 5.92 Å². The maximum atomic E-state index is 12.1. The van der Waals surface area contributed by atoms with Crippen LogP contribution in [0.2, 0.25) is 0 Å². The first kappa shape index (κ1) is 14.0. The van der Waals surface area contributed by atoms with Crippen molar-refractivity contribution in [2.75, 3.05) is 6.54 Å². The largest absolute Gasteiger partial charge is 0.315 e. The molecule has 1 N–H and O–H groups in total. The monoisotopic (exact) mass is 236 g/mol. The van der Waals surface area contributed by atoms with Crippen LogP contribution in [-0.4, -0.2) is 11.1 Å². The SMILES string of the molecule is CCCCNCc1cccn(CC(C)C)c1=O. The maximum absolute atomic E-state index is 12.1. The zero-order valence-corrected chi connectivity index (χ0v) is 11.2. The van der Waals surface area contributed by atoms with E-state index in [4.69, 9.17) is 0 Å². The van der Waals surface area contributed by atoms with Crippen LogP contribution in [0, 0.1) is 5.92 Å². The zero-order chi connectivity index (χ0) is 12.7. The van der Waals surface area contributed by atoms with Crippen LogP contribution in [0.4, 0.5) is 0 Å². The molecule has 1 rings (SSSR count). The number of aromatic nitrogens is 1. The molecule has 0 aliphatic heterocycles. The number of nitrogens with one attached hydrogen (secondary N) is 1. The van der Waals surface area contributed by atoms with E-state index in [9.17, 15) is 4.79 Å². The highest BCUT2D eigenvalue weighted by Crippen LogP contribution is 1.98. The highest BCUT2D eigenvalue weighted by Gasteiger charge is 2.03. The Kier molecular flexibility index (Phi) is 5.98. The number of nitrogens with zero attached hydrogens (tertiary/aromatic N) is 1. The highest BCUT2D eigenvalue weighted by molar-refractivity contribution is 5.10. The number of rotatable bonds is 7. The van der Waals surface area contributed by atoms with Gasteiger partial charge in [0.15, 0.2) is 0 Å². The van der Waals surface area contributed by atoms with Crippen molar-refractivity contribution in [1.29, 1.82) is 0 Å². The summed E-state index contributed by atoms with van der Waals surface area (Å²) in [5, 5.41) is 3.31. The fourth-order valence-corrected chi connectivity index (χ4v) is 1.78. The van der Waals surface area contributed by atoms with Crippen LogP contribution in [0.15, 0.2) is 23.1 Å². The van der Waals surface area contributed by atoms with Crippen molar-refractivity contribution in [3.05, 3.63) is 34.2 Å². The Morgan fingerprint density at radius 1 is 1.41 bits per heavy atom. The summed E-state index contributed by atoms with van der Waals surface area (Å²) < 4.78 is 1.81. The summed E-state index contributed by atoms with van der Waals surface area (Å²) in [6.07, 6.45) is 4.21. The first-order valence-electron chi connectivity index (χ1n) is 6.54. The Morgan fingerprint density at radius 3 is 2.82 bits per heavy atom. The van der Waals surface area contributed by atoms with Gasteiger partial charge in [0.25, 0.3) is 5.56 Å². The first-order valence-corrected chi connectivity index (χ1v) is 6.54. The summed E-state index contributed by atoms with van der Waals surface area (Å²) in [6.45, 7) is 8.87. The Labute approximate surface area is 104 Å². The van der Waals surface area contributed by atoms with Crippen molar-refractivity contribution in [2.45, 2.75) is 46.7 Å². The van der Waals surface area contributed by atoms with Crippen molar-refractivity contribution in [1.82, 2.24) is 9.88 Å². The molecular formula is C14H24N2O. The zero-order valence-electron chi connectivity index (χ0n) is 11.2. The fraction of sp³-hybridized carbons (Fsp3) is 0.643. The Morgan fingerprint density at radius 2 is 2.18 bits per heavy atom. The molecule has 0 spiro atoms. The summed E-state index contributed by atoms with van der Waals surface area (Å²) in [7, 11) is 0. The van der Waals surface area contributed by atoms with Crippen molar-refractivity contribution in [3.8, 4) is 0 Å². The average molecular weight is 236 g/mol. The van der Waals surface area contributed by atoms with Gasteiger partial charge in [-0.25, -0.2) is 0 Å². The molecule has 0 radical (unpaired) electrons. The lowest BCUT2D eigenvalue weighted by Gasteiger charge is -2.10. The third-order valence-corrected chi connectivity index (χ3v) is 2.68. The highest BCUT2D eigenvalue weighted by atomic mass is 16.1. The molecular weight excluding hydrogens is 212 g/mol. The van der Waals surface area contributed by atoms with Crippen molar-refractivity contribution < 1.29 is 0 Å². The molecule has 0 bridgehead atoms. The Bertz CT molecular complexity index is 382. The lowest BCUT2D eigenvalue weighted by atomic mass is 10.2. The van der Waals surface area contributed by atoms with Crippen LogP contribution in [0.25, 0.3) is 0 Å². The molecule has 0 saturated carbocycles. The topological polar surface area (TPSA) is 34.0 Å². The van der Waals surface area contributed by atoms with Gasteiger partial charge in [-0.3, -0.25) is 4.79 Å². The second kappa shape index (κ2) is 7.28. The quantitative estimate of drug-likeness (QED) is 0.738. The standard InChI is InChI=1S/C14H24N2O/c1-4-5-8-15-10-13-7-6-9-16(14(13)17)11-12(2)3/h6-7,9,12,15H,4-5,8,10-11H2,1-3H3. The molecule has 1 aromatic heterocycles. The number of unbranched alkanes of at least 4 members (excludes halogenated alkanes) is 1. The Hall–Kier alpha value is -1.09. The molecule has 0 aromatic carbocycles. The summed E-state index contributed by atoms with van der Waals surface area (Å²) in [5.74, 6) is 0.496. The predicted molar refractivity (Wildman–Crippen MR) is 72.2 cm³/mol. The summed E-state index contributed by atoms with van der Waals surface area (Å²) in [4.78, 5) is 12.1. The van der Waals surface area contributed by atoms with E-state index in [0.717, 1.165) is 25.1 Å². The van der Waals surface area contributed by atoms with Crippen LogP contribution in [0.1, 0.15) is 39.2 Å². The molecule has 3 heteroatoms. The van der Waals surface area contributed by atoms with Crippen LogP contribution in [0.5, 0.6) is 0 Å². The van der Waals surface area contributed by atoms with E-state index in [-0.39, 0.29) is 5.56 Å². The van der Waals surface area contributed by atoms with Crippen LogP contribution in [0.3, 0.4) is 0 Å². The van der Waals surface area contributed by atoms with E-state index >= 15 is 0 Å². The van der Waals surface area contributed by atoms with Gasteiger partial charge in [-0.05, 0) is 24.9 Å². The van der Waals surface area contributed by atoms with Gasteiger partial charge in [-0.1, -0.05) is 33.3 Å². The minimum absolute atomic E-state index is 0.144. The minimum Gasteiger partial charge on any atom is -0.315 e. The van der Waals surface area contributed by atoms with E-state index in [1.54, 1.807) is 0 Å². The number of hydrogen-bond acceptors (Lipinski definition) is 2. The van der Waals surface area contributed by atoms with Crippen LogP contribution >= 0.6 is 0 Å². The maximum Gasteiger partial charge on any atom is 0.255 e. The normalized spacial score (nSPS) is 11.1. The smallest absolute Gasteiger partial charge is 0.255 e. The second-order valence-electron chi connectivity index (χ2n) is 4.92. The summed E-state index contributed by atoms with van der Waals surface area (Å²) >= 11 is 0. The van der Waals surface area contributed by atoms with Gasteiger partial charge in [0.1, 0.15) is 0 Å². The lowest BCUT2D eigenvalue weighted by Crippen LogP contribution is -2.28. The second-order valence-corrected chi connectivity index (χ2v) is 4.92. The number of pyridine rings is 1. The van der Waals surface area contributed by atoms with E-state index in [1.807, 2.05) is 22.9 Å². The van der Waals surface area contributed by atoms with Gasteiger partial charge in [0.05, 0.1) is 0 Å². The molecule has 0 aliphatic carbocycles. The van der Waals surface area contributed by atoms with Crippen molar-refractivity contribution in [3.63, 3.8) is 0 Å². The minimum atomic E-state index is 0.144. The molecule has 1 heterocycles. The van der Waals surface area contributed by atoms with E-state index in [0.29, 0.717) is 12.5 Å². The molecule has 96 valence electrons. The summed E-state index contributed by atoms with van der Waals surface area (Å²) in [5.41, 5.74) is 1.01. The third-order valence-electron chi connectivity index (χ3n) is 2.68. The van der Waals surface area contributed by atoms with Gasteiger partial charge in [0, 0.05) is 24.8 Å². The third kappa shape index (κ3) is 4.73. The van der Waals surface area contributed by atoms with E-state index in [2.05, 4.69) is 26.1 Å². The van der Waals surface area contributed by atoms with Crippen LogP contribution < -0.4 is 10.9 Å². The average Bonchev–Trinajstić information content (AvgIpc) is 2.28. The Balaban J connectivity index is 2.63. The predicted octanol–water partition coefficient (Wildman–Crippen LogP) is 2.39. The molecule has 0 unspecified atom stereocenters.